The van der Waals surface area contributed by atoms with E-state index in [4.69, 9.17) is 4.74 Å². The summed E-state index contributed by atoms with van der Waals surface area (Å²) in [7, 11) is 0. The van der Waals surface area contributed by atoms with Gasteiger partial charge in [-0.15, -0.1) is 0 Å². The van der Waals surface area contributed by atoms with Crippen molar-refractivity contribution in [2.45, 2.75) is 26.2 Å². The van der Waals surface area contributed by atoms with Crippen LogP contribution in [-0.2, 0) is 0 Å². The molecule has 1 aromatic heterocycles. The van der Waals surface area contributed by atoms with Gasteiger partial charge in [-0.25, -0.2) is 0 Å². The minimum Gasteiger partial charge on any atom is -0.491 e. The molecule has 0 aliphatic rings. The summed E-state index contributed by atoms with van der Waals surface area (Å²) < 4.78 is 5.39. The molecule has 2 heteroatoms. The van der Waals surface area contributed by atoms with E-state index in [9.17, 15) is 0 Å². The Morgan fingerprint density at radius 3 is 3.08 bits per heavy atom. The van der Waals surface area contributed by atoms with Crippen LogP contribution in [0.15, 0.2) is 18.3 Å². The van der Waals surface area contributed by atoms with Crippen molar-refractivity contribution >= 4 is 0 Å². The Balaban J connectivity index is 2.16. The van der Waals surface area contributed by atoms with Gasteiger partial charge in [0.2, 0.25) is 0 Å². The van der Waals surface area contributed by atoms with Crippen LogP contribution in [0.1, 0.15) is 26.2 Å². The molecule has 0 bridgehead atoms. The van der Waals surface area contributed by atoms with Crippen molar-refractivity contribution in [1.29, 1.82) is 0 Å². The van der Waals surface area contributed by atoms with Crippen molar-refractivity contribution in [1.82, 2.24) is 4.98 Å². The highest BCUT2D eigenvalue weighted by Crippen LogP contribution is 2.06. The molecule has 1 radical (unpaired) electrons. The zero-order valence-electron chi connectivity index (χ0n) is 7.42. The Labute approximate surface area is 73.6 Å². The van der Waals surface area contributed by atoms with Crippen LogP contribution in [0.25, 0.3) is 0 Å². The van der Waals surface area contributed by atoms with Crippen LogP contribution < -0.4 is 4.74 Å². The molecule has 2 nitrogen and oxygen atoms in total. The molecule has 0 spiro atoms. The number of ether oxygens (including phenoxy) is 1. The van der Waals surface area contributed by atoms with E-state index in [0.29, 0.717) is 0 Å². The molecule has 1 heterocycles. The number of rotatable bonds is 5. The average Bonchev–Trinajstić information content (AvgIpc) is 2.14. The molecule has 0 aromatic carbocycles. The van der Waals surface area contributed by atoms with Crippen molar-refractivity contribution in [3.05, 3.63) is 24.5 Å². The molecule has 0 aliphatic carbocycles. The molecule has 0 unspecified atom stereocenters. The fraction of sp³-hybridized carbons (Fsp3) is 0.500. The Morgan fingerprint density at radius 1 is 1.50 bits per heavy atom. The molecule has 0 N–H and O–H groups in total. The molecule has 65 valence electrons. The molecule has 0 saturated heterocycles. The summed E-state index contributed by atoms with van der Waals surface area (Å²) in [5.41, 5.74) is 0. The monoisotopic (exact) mass is 164 g/mol. The molecular weight excluding hydrogens is 150 g/mol. The molecule has 0 atom stereocenters. The predicted octanol–water partition coefficient (Wildman–Crippen LogP) is 2.45. The van der Waals surface area contributed by atoms with Crippen molar-refractivity contribution in [3.8, 4) is 5.75 Å². The molecule has 1 aromatic rings. The maximum atomic E-state index is 5.39. The lowest BCUT2D eigenvalue weighted by Crippen LogP contribution is -1.96. The van der Waals surface area contributed by atoms with E-state index in [-0.39, 0.29) is 0 Å². The quantitative estimate of drug-likeness (QED) is 0.623. The second kappa shape index (κ2) is 5.58. The first-order valence-electron chi connectivity index (χ1n) is 4.39. The lowest BCUT2D eigenvalue weighted by atomic mass is 10.3. The third-order valence-electron chi connectivity index (χ3n) is 1.59. The summed E-state index contributed by atoms with van der Waals surface area (Å²) in [6, 6.07) is 3.73. The van der Waals surface area contributed by atoms with E-state index in [0.717, 1.165) is 18.8 Å². The van der Waals surface area contributed by atoms with Crippen LogP contribution in [0.2, 0.25) is 0 Å². The van der Waals surface area contributed by atoms with Crippen molar-refractivity contribution in [2.75, 3.05) is 6.61 Å². The second-order valence-electron chi connectivity index (χ2n) is 2.67. The summed E-state index contributed by atoms with van der Waals surface area (Å²) in [6.45, 7) is 2.95. The summed E-state index contributed by atoms with van der Waals surface area (Å²) in [5.74, 6) is 0.744. The SMILES string of the molecule is CCCCCOc1[c]nccc1. The third kappa shape index (κ3) is 3.37. The van der Waals surface area contributed by atoms with Gasteiger partial charge in [-0.2, -0.15) is 0 Å². The van der Waals surface area contributed by atoms with Gasteiger partial charge < -0.3 is 4.74 Å². The lowest BCUT2D eigenvalue weighted by Gasteiger charge is -2.02. The molecule has 0 aliphatic heterocycles. The van der Waals surface area contributed by atoms with Gasteiger partial charge >= 0.3 is 0 Å². The maximum Gasteiger partial charge on any atom is 0.147 e. The Morgan fingerprint density at radius 2 is 2.42 bits per heavy atom. The van der Waals surface area contributed by atoms with Gasteiger partial charge in [0.25, 0.3) is 0 Å². The predicted molar refractivity (Wildman–Crippen MR) is 48.1 cm³/mol. The fourth-order valence-corrected chi connectivity index (χ4v) is 0.926. The minimum atomic E-state index is 0.744. The molecule has 0 saturated carbocycles. The first-order valence-corrected chi connectivity index (χ1v) is 4.39. The molecule has 0 amide bonds. The number of pyridine rings is 1. The highest BCUT2D eigenvalue weighted by molar-refractivity contribution is 5.13. The van der Waals surface area contributed by atoms with Crippen LogP contribution in [0.5, 0.6) is 5.75 Å². The van der Waals surface area contributed by atoms with Crippen molar-refractivity contribution in [2.24, 2.45) is 0 Å². The van der Waals surface area contributed by atoms with Gasteiger partial charge in [-0.3, -0.25) is 4.98 Å². The first-order chi connectivity index (χ1) is 5.93. The van der Waals surface area contributed by atoms with Gasteiger partial charge in [0.1, 0.15) is 11.9 Å². The molecule has 12 heavy (non-hydrogen) atoms. The Bertz CT molecular complexity index is 198. The highest BCUT2D eigenvalue weighted by Gasteiger charge is 1.91. The largest absolute Gasteiger partial charge is 0.491 e. The van der Waals surface area contributed by atoms with Gasteiger partial charge in [0.05, 0.1) is 6.61 Å². The van der Waals surface area contributed by atoms with Crippen LogP contribution in [0.4, 0.5) is 0 Å². The number of unbranched alkanes of at least 4 members (excludes halogenated alkanes) is 2. The Kier molecular flexibility index (Phi) is 4.21. The van der Waals surface area contributed by atoms with Crippen molar-refractivity contribution in [3.63, 3.8) is 0 Å². The minimum absolute atomic E-state index is 0.744. The highest BCUT2D eigenvalue weighted by atomic mass is 16.5. The van der Waals surface area contributed by atoms with E-state index in [1.165, 1.54) is 12.8 Å². The van der Waals surface area contributed by atoms with Gasteiger partial charge in [0, 0.05) is 6.20 Å². The zero-order valence-corrected chi connectivity index (χ0v) is 7.42. The lowest BCUT2D eigenvalue weighted by molar-refractivity contribution is 0.304. The molecular formula is C10H14NO. The first kappa shape index (κ1) is 9.04. The van der Waals surface area contributed by atoms with E-state index in [1.54, 1.807) is 6.20 Å². The van der Waals surface area contributed by atoms with E-state index in [1.807, 2.05) is 12.1 Å². The van der Waals surface area contributed by atoms with Gasteiger partial charge in [-0.05, 0) is 18.6 Å². The number of hydrogen-bond acceptors (Lipinski definition) is 2. The Hall–Kier alpha value is -1.05. The third-order valence-corrected chi connectivity index (χ3v) is 1.59. The van der Waals surface area contributed by atoms with E-state index in [2.05, 4.69) is 18.1 Å². The van der Waals surface area contributed by atoms with Crippen molar-refractivity contribution < 1.29 is 4.74 Å². The molecule has 0 fully saturated rings. The van der Waals surface area contributed by atoms with Crippen LogP contribution in [0, 0.1) is 6.20 Å². The van der Waals surface area contributed by atoms with Crippen LogP contribution >= 0.6 is 0 Å². The second-order valence-corrected chi connectivity index (χ2v) is 2.67. The summed E-state index contributed by atoms with van der Waals surface area (Å²) in [6.07, 6.45) is 8.02. The normalized spacial score (nSPS) is 9.75. The van der Waals surface area contributed by atoms with E-state index >= 15 is 0 Å². The molecule has 1 rings (SSSR count). The topological polar surface area (TPSA) is 22.1 Å². The zero-order chi connectivity index (χ0) is 8.65. The average molecular weight is 164 g/mol. The fourth-order valence-electron chi connectivity index (χ4n) is 0.926. The number of hydrogen-bond donors (Lipinski definition) is 0. The number of aromatic nitrogens is 1. The van der Waals surface area contributed by atoms with Crippen LogP contribution in [-0.4, -0.2) is 11.6 Å². The maximum absolute atomic E-state index is 5.39. The smallest absolute Gasteiger partial charge is 0.147 e. The van der Waals surface area contributed by atoms with E-state index < -0.39 is 0 Å². The summed E-state index contributed by atoms with van der Waals surface area (Å²) in [4.78, 5) is 3.83. The van der Waals surface area contributed by atoms with Gasteiger partial charge in [-0.1, -0.05) is 19.8 Å². The number of nitrogens with zero attached hydrogens (tertiary/aromatic N) is 1. The van der Waals surface area contributed by atoms with Gasteiger partial charge in [0.15, 0.2) is 0 Å². The summed E-state index contributed by atoms with van der Waals surface area (Å²) >= 11 is 0. The summed E-state index contributed by atoms with van der Waals surface area (Å²) in [5, 5.41) is 0. The van der Waals surface area contributed by atoms with Crippen LogP contribution in [0.3, 0.4) is 0 Å². The standard InChI is InChI=1S/C10H14NO/c1-2-3-4-8-12-10-6-5-7-11-9-10/h5-7H,2-4,8H2,1H3.